The van der Waals surface area contributed by atoms with Crippen molar-refractivity contribution in [3.63, 3.8) is 0 Å². The van der Waals surface area contributed by atoms with Crippen molar-refractivity contribution < 1.29 is 0 Å². The first-order valence-corrected chi connectivity index (χ1v) is 13.0. The summed E-state index contributed by atoms with van der Waals surface area (Å²) in [6, 6.07) is 24.7. The summed E-state index contributed by atoms with van der Waals surface area (Å²) in [5, 5.41) is 1.03. The molecule has 1 fully saturated rings. The third kappa shape index (κ3) is 3.73. The van der Waals surface area contributed by atoms with Gasteiger partial charge in [0.05, 0.1) is 28.3 Å². The van der Waals surface area contributed by atoms with Crippen LogP contribution in [0.5, 0.6) is 0 Å². The van der Waals surface area contributed by atoms with E-state index in [1.54, 1.807) is 6.20 Å². The van der Waals surface area contributed by atoms with Crippen LogP contribution in [0.4, 0.5) is 5.69 Å². The van der Waals surface area contributed by atoms with Gasteiger partial charge in [0.15, 0.2) is 5.82 Å². The van der Waals surface area contributed by atoms with Crippen LogP contribution in [0.3, 0.4) is 0 Å². The monoisotopic (exact) mass is 481 g/mol. The van der Waals surface area contributed by atoms with Gasteiger partial charge < -0.3 is 0 Å². The highest BCUT2D eigenvalue weighted by molar-refractivity contribution is 6.05. The van der Waals surface area contributed by atoms with Gasteiger partial charge in [0.2, 0.25) is 0 Å². The number of hydrogen-bond donors (Lipinski definition) is 0. The van der Waals surface area contributed by atoms with Gasteiger partial charge in [-0.05, 0) is 55.0 Å². The highest BCUT2D eigenvalue weighted by Crippen LogP contribution is 2.57. The summed E-state index contributed by atoms with van der Waals surface area (Å²) in [6.07, 6.45) is 3.00. The van der Waals surface area contributed by atoms with Crippen LogP contribution in [0.2, 0.25) is 0 Å². The Labute approximate surface area is 216 Å². The largest absolute Gasteiger partial charge is 0.255 e. The molecule has 37 heavy (non-hydrogen) atoms. The van der Waals surface area contributed by atoms with E-state index in [2.05, 4.69) is 49.2 Å². The van der Waals surface area contributed by atoms with Gasteiger partial charge in [-0.15, -0.1) is 0 Å². The Balaban J connectivity index is 1.48. The Morgan fingerprint density at radius 3 is 2.38 bits per heavy atom. The van der Waals surface area contributed by atoms with Gasteiger partial charge in [-0.1, -0.05) is 62.4 Å². The average Bonchev–Trinajstić information content (AvgIpc) is 3.74. The second kappa shape index (κ2) is 8.41. The SMILES string of the molecule is Cc1cc(-c2nc(-c3ccccc3)cc(-c3ccccn3)n2)c2ccc3c(c2n1)N=C(C(C)C)C1CC31. The van der Waals surface area contributed by atoms with E-state index in [0.29, 0.717) is 23.6 Å². The van der Waals surface area contributed by atoms with Gasteiger partial charge in [0.1, 0.15) is 0 Å². The molecule has 0 amide bonds. The maximum Gasteiger partial charge on any atom is 0.161 e. The van der Waals surface area contributed by atoms with Crippen LogP contribution in [0.25, 0.3) is 44.9 Å². The number of aryl methyl sites for hydroxylation is 1. The van der Waals surface area contributed by atoms with Gasteiger partial charge in [-0.3, -0.25) is 15.0 Å². The number of rotatable bonds is 4. The van der Waals surface area contributed by atoms with Gasteiger partial charge >= 0.3 is 0 Å². The number of pyridine rings is 2. The standard InChI is InChI=1S/C32H27N5/c1-18(2)29-24-16-23(24)21-12-13-22-25(15-19(3)34-30(22)31(21)37-29)32-35-27(20-9-5-4-6-10-20)17-28(36-32)26-11-7-8-14-33-26/h4-15,17-18,23-24H,16H2,1-3H3. The summed E-state index contributed by atoms with van der Waals surface area (Å²) in [7, 11) is 0. The van der Waals surface area contributed by atoms with E-state index in [1.165, 1.54) is 17.7 Å². The molecule has 2 unspecified atom stereocenters. The van der Waals surface area contributed by atoms with Crippen molar-refractivity contribution in [1.29, 1.82) is 0 Å². The number of benzene rings is 2. The average molecular weight is 482 g/mol. The molecule has 2 aromatic carbocycles. The molecule has 0 radical (unpaired) electrons. The molecule has 1 saturated carbocycles. The van der Waals surface area contributed by atoms with Crippen molar-refractivity contribution in [2.75, 3.05) is 0 Å². The van der Waals surface area contributed by atoms with Crippen LogP contribution in [-0.4, -0.2) is 25.6 Å². The number of nitrogens with zero attached hydrogens (tertiary/aromatic N) is 5. The second-order valence-electron chi connectivity index (χ2n) is 10.4. The van der Waals surface area contributed by atoms with E-state index < -0.39 is 0 Å². The zero-order valence-electron chi connectivity index (χ0n) is 21.2. The normalized spacial score (nSPS) is 17.9. The summed E-state index contributed by atoms with van der Waals surface area (Å²) < 4.78 is 0. The topological polar surface area (TPSA) is 63.9 Å². The lowest BCUT2D eigenvalue weighted by atomic mass is 9.93. The fourth-order valence-corrected chi connectivity index (χ4v) is 5.63. The number of fused-ring (bicyclic) bond motifs is 5. The Kier molecular flexibility index (Phi) is 5.00. The molecular formula is C32H27N5. The maximum atomic E-state index is 5.21. The molecule has 0 N–H and O–H groups in total. The summed E-state index contributed by atoms with van der Waals surface area (Å²) in [4.78, 5) is 24.9. The molecule has 1 aliphatic carbocycles. The molecule has 2 atom stereocenters. The fourth-order valence-electron chi connectivity index (χ4n) is 5.63. The van der Waals surface area contributed by atoms with E-state index in [4.69, 9.17) is 19.9 Å². The Bertz CT molecular complexity index is 1630. The van der Waals surface area contributed by atoms with E-state index in [-0.39, 0.29) is 0 Å². The summed E-state index contributed by atoms with van der Waals surface area (Å²) >= 11 is 0. The van der Waals surface area contributed by atoms with Crippen molar-refractivity contribution in [3.8, 4) is 34.0 Å². The molecule has 0 spiro atoms. The molecule has 2 aliphatic rings. The Hall–Kier alpha value is -4.25. The molecule has 180 valence electrons. The van der Waals surface area contributed by atoms with Gasteiger partial charge in [0.25, 0.3) is 0 Å². The quantitative estimate of drug-likeness (QED) is 0.265. The highest BCUT2D eigenvalue weighted by atomic mass is 14.9. The van der Waals surface area contributed by atoms with Crippen molar-refractivity contribution in [3.05, 3.63) is 90.3 Å². The Morgan fingerprint density at radius 1 is 0.784 bits per heavy atom. The predicted octanol–water partition coefficient (Wildman–Crippen LogP) is 7.57. The zero-order valence-corrected chi connectivity index (χ0v) is 21.2. The first-order chi connectivity index (χ1) is 18.1. The molecular weight excluding hydrogens is 454 g/mol. The lowest BCUT2D eigenvalue weighted by Crippen LogP contribution is -2.14. The minimum atomic E-state index is 0.439. The smallest absolute Gasteiger partial charge is 0.161 e. The molecule has 5 heteroatoms. The molecule has 7 rings (SSSR count). The summed E-state index contributed by atoms with van der Waals surface area (Å²) in [5.74, 6) is 2.29. The van der Waals surface area contributed by atoms with Crippen LogP contribution in [0.1, 0.15) is 37.4 Å². The van der Waals surface area contributed by atoms with Crippen LogP contribution >= 0.6 is 0 Å². The third-order valence-corrected chi connectivity index (χ3v) is 7.48. The second-order valence-corrected chi connectivity index (χ2v) is 10.4. The first-order valence-electron chi connectivity index (χ1n) is 13.0. The predicted molar refractivity (Wildman–Crippen MR) is 149 cm³/mol. The van der Waals surface area contributed by atoms with E-state index in [1.807, 2.05) is 49.4 Å². The van der Waals surface area contributed by atoms with Crippen LogP contribution in [-0.2, 0) is 0 Å². The van der Waals surface area contributed by atoms with Crippen LogP contribution < -0.4 is 0 Å². The van der Waals surface area contributed by atoms with Crippen molar-refractivity contribution >= 4 is 22.3 Å². The molecule has 5 aromatic rings. The lowest BCUT2D eigenvalue weighted by Gasteiger charge is -2.19. The lowest BCUT2D eigenvalue weighted by molar-refractivity contribution is 0.823. The number of hydrogen-bond acceptors (Lipinski definition) is 5. The first kappa shape index (κ1) is 22.0. The van der Waals surface area contributed by atoms with Crippen LogP contribution in [0, 0.1) is 18.8 Å². The molecule has 4 heterocycles. The molecule has 5 nitrogen and oxygen atoms in total. The molecule has 0 bridgehead atoms. The van der Waals surface area contributed by atoms with E-state index >= 15 is 0 Å². The minimum Gasteiger partial charge on any atom is -0.255 e. The maximum absolute atomic E-state index is 5.21. The van der Waals surface area contributed by atoms with Crippen molar-refractivity contribution in [2.24, 2.45) is 16.8 Å². The number of aromatic nitrogens is 4. The fraction of sp³-hybridized carbons (Fsp3) is 0.219. The highest BCUT2D eigenvalue weighted by Gasteiger charge is 2.47. The van der Waals surface area contributed by atoms with Crippen LogP contribution in [0.15, 0.2) is 84.0 Å². The van der Waals surface area contributed by atoms with Gasteiger partial charge in [-0.2, -0.15) is 0 Å². The molecule has 3 aromatic heterocycles. The molecule has 1 aliphatic heterocycles. The number of aliphatic imine (C=N–C) groups is 1. The van der Waals surface area contributed by atoms with E-state index in [9.17, 15) is 0 Å². The molecule has 0 saturated heterocycles. The van der Waals surface area contributed by atoms with Gasteiger partial charge in [-0.25, -0.2) is 9.97 Å². The summed E-state index contributed by atoms with van der Waals surface area (Å²) in [6.45, 7) is 6.53. The minimum absolute atomic E-state index is 0.439. The zero-order chi connectivity index (χ0) is 25.1. The van der Waals surface area contributed by atoms with E-state index in [0.717, 1.165) is 50.5 Å². The summed E-state index contributed by atoms with van der Waals surface area (Å²) in [5.41, 5.74) is 10.1. The third-order valence-electron chi connectivity index (χ3n) is 7.48. The Morgan fingerprint density at radius 2 is 1.59 bits per heavy atom. The van der Waals surface area contributed by atoms with Crippen molar-refractivity contribution in [2.45, 2.75) is 33.1 Å². The van der Waals surface area contributed by atoms with Crippen molar-refractivity contribution in [1.82, 2.24) is 19.9 Å². The van der Waals surface area contributed by atoms with Gasteiger partial charge in [0, 0.05) is 40.0 Å².